The number of amides is 1. The molecular weight excluding hydrogens is 415 g/mol. The van der Waals surface area contributed by atoms with Gasteiger partial charge in [-0.15, -0.1) is 0 Å². The maximum Gasteiger partial charge on any atom is 0.227 e. The topological polar surface area (TPSA) is 41.4 Å². The number of likely N-dealkylation sites (tertiary alicyclic amines) is 1. The van der Waals surface area contributed by atoms with Crippen LogP contribution >= 0.6 is 0 Å². The smallest absolute Gasteiger partial charge is 0.227 e. The monoisotopic (exact) mass is 446 g/mol. The Labute approximate surface area is 194 Å². The van der Waals surface area contributed by atoms with E-state index in [0.717, 1.165) is 49.3 Å². The zero-order valence-corrected chi connectivity index (χ0v) is 19.4. The third-order valence-corrected chi connectivity index (χ3v) is 7.16. The first-order valence-electron chi connectivity index (χ1n) is 11.8. The molecule has 2 aliphatic heterocycles. The van der Waals surface area contributed by atoms with Gasteiger partial charge in [0.1, 0.15) is 5.82 Å². The molecule has 1 aromatic heterocycles. The van der Waals surface area contributed by atoms with Crippen LogP contribution in [0.2, 0.25) is 0 Å². The van der Waals surface area contributed by atoms with E-state index in [1.807, 2.05) is 35.5 Å². The predicted molar refractivity (Wildman–Crippen MR) is 127 cm³/mol. The van der Waals surface area contributed by atoms with E-state index in [4.69, 9.17) is 4.98 Å². The second-order valence-electron chi connectivity index (χ2n) is 9.72. The molecule has 1 unspecified atom stereocenters. The van der Waals surface area contributed by atoms with Crippen LogP contribution in [0.15, 0.2) is 60.9 Å². The van der Waals surface area contributed by atoms with Crippen molar-refractivity contribution < 1.29 is 9.18 Å². The minimum Gasteiger partial charge on any atom is -0.340 e. The molecule has 0 N–H and O–H groups in total. The summed E-state index contributed by atoms with van der Waals surface area (Å²) in [5.74, 6) is -0.238. The van der Waals surface area contributed by atoms with Crippen LogP contribution in [0.1, 0.15) is 37.9 Å². The number of halogens is 1. The van der Waals surface area contributed by atoms with Crippen LogP contribution in [0.25, 0.3) is 11.3 Å². The quantitative estimate of drug-likeness (QED) is 0.594. The highest BCUT2D eigenvalue weighted by atomic mass is 19.1. The highest BCUT2D eigenvalue weighted by Gasteiger charge is 2.45. The second kappa shape index (κ2) is 8.75. The van der Waals surface area contributed by atoms with Crippen molar-refractivity contribution in [2.45, 2.75) is 51.2 Å². The van der Waals surface area contributed by atoms with Crippen molar-refractivity contribution in [3.8, 4) is 11.3 Å². The molecule has 1 saturated heterocycles. The molecule has 3 aromatic rings. The third kappa shape index (κ3) is 4.20. The number of aromatic nitrogens is 2. The van der Waals surface area contributed by atoms with Gasteiger partial charge in [0, 0.05) is 37.8 Å². The number of fused-ring (bicyclic) bond motifs is 2. The van der Waals surface area contributed by atoms with Gasteiger partial charge in [0.15, 0.2) is 0 Å². The van der Waals surface area contributed by atoms with Crippen molar-refractivity contribution in [1.82, 2.24) is 19.4 Å². The summed E-state index contributed by atoms with van der Waals surface area (Å²) in [6.07, 6.45) is 4.17. The van der Waals surface area contributed by atoms with E-state index in [2.05, 4.69) is 35.4 Å². The Bertz CT molecular complexity index is 1140. The third-order valence-electron chi connectivity index (χ3n) is 7.16. The fraction of sp³-hybridized carbons (Fsp3) is 0.407. The van der Waals surface area contributed by atoms with Crippen LogP contribution in [0.4, 0.5) is 4.39 Å². The van der Waals surface area contributed by atoms with Crippen molar-refractivity contribution in [2.75, 3.05) is 19.6 Å². The molecule has 1 spiro atoms. The predicted octanol–water partition coefficient (Wildman–Crippen LogP) is 4.47. The Morgan fingerprint density at radius 3 is 2.70 bits per heavy atom. The summed E-state index contributed by atoms with van der Waals surface area (Å²) < 4.78 is 16.0. The lowest BCUT2D eigenvalue weighted by Gasteiger charge is -2.50. The number of hydrogen-bond acceptors (Lipinski definition) is 3. The molecule has 1 amide bonds. The Hall–Kier alpha value is -2.99. The lowest BCUT2D eigenvalue weighted by Crippen LogP contribution is -2.60. The molecule has 5 rings (SSSR count). The Balaban J connectivity index is 1.47. The van der Waals surface area contributed by atoms with Gasteiger partial charge in [-0.25, -0.2) is 9.37 Å². The molecule has 1 fully saturated rings. The molecule has 0 radical (unpaired) electrons. The molecule has 1 atom stereocenters. The average molecular weight is 447 g/mol. The highest BCUT2D eigenvalue weighted by molar-refractivity contribution is 5.79. The van der Waals surface area contributed by atoms with Gasteiger partial charge in [0.2, 0.25) is 5.91 Å². The highest BCUT2D eigenvalue weighted by Crippen LogP contribution is 2.39. The maximum absolute atomic E-state index is 13.6. The van der Waals surface area contributed by atoms with Gasteiger partial charge >= 0.3 is 0 Å². The van der Waals surface area contributed by atoms with Crippen molar-refractivity contribution in [1.29, 1.82) is 0 Å². The molecule has 0 aliphatic carbocycles. The molecule has 0 saturated carbocycles. The van der Waals surface area contributed by atoms with Gasteiger partial charge in [-0.3, -0.25) is 9.69 Å². The normalized spacial score (nSPS) is 20.9. The van der Waals surface area contributed by atoms with Gasteiger partial charge in [0.25, 0.3) is 0 Å². The summed E-state index contributed by atoms with van der Waals surface area (Å²) in [6, 6.07) is 17.1. The van der Waals surface area contributed by atoms with Crippen LogP contribution in [-0.4, -0.2) is 50.9 Å². The molecule has 172 valence electrons. The standard InChI is InChI=1S/C27H31FN4O/c1-20(2)31-16-24-26(22-9-4-3-5-10-22)29-19-32(24)27(18-31)12-7-13-30(17-27)25(33)15-21-8-6-11-23(28)14-21/h3-6,8-11,14,19-20H,7,12-13,15-18H2,1-2H3. The van der Waals surface area contributed by atoms with Crippen molar-refractivity contribution >= 4 is 5.91 Å². The van der Waals surface area contributed by atoms with E-state index < -0.39 is 0 Å². The summed E-state index contributed by atoms with van der Waals surface area (Å²) in [5.41, 5.74) is 3.90. The number of piperidine rings is 1. The molecule has 2 aliphatic rings. The summed E-state index contributed by atoms with van der Waals surface area (Å²) in [5, 5.41) is 0. The van der Waals surface area contributed by atoms with Crippen molar-refractivity contribution in [3.63, 3.8) is 0 Å². The number of imidazole rings is 1. The van der Waals surface area contributed by atoms with Gasteiger partial charge in [0.05, 0.1) is 29.7 Å². The van der Waals surface area contributed by atoms with Gasteiger partial charge < -0.3 is 9.47 Å². The van der Waals surface area contributed by atoms with Crippen LogP contribution in [-0.2, 0) is 23.3 Å². The molecular formula is C27H31FN4O. The number of hydrogen-bond donors (Lipinski definition) is 0. The fourth-order valence-corrected chi connectivity index (χ4v) is 5.42. The van der Waals surface area contributed by atoms with E-state index in [1.165, 1.54) is 17.8 Å². The fourth-order valence-electron chi connectivity index (χ4n) is 5.42. The first-order chi connectivity index (χ1) is 15.9. The van der Waals surface area contributed by atoms with Crippen LogP contribution in [0, 0.1) is 5.82 Å². The summed E-state index contributed by atoms with van der Waals surface area (Å²) >= 11 is 0. The number of benzene rings is 2. The van der Waals surface area contributed by atoms with E-state index in [1.54, 1.807) is 6.07 Å². The summed E-state index contributed by atoms with van der Waals surface area (Å²) in [7, 11) is 0. The molecule has 33 heavy (non-hydrogen) atoms. The lowest BCUT2D eigenvalue weighted by molar-refractivity contribution is -0.134. The van der Waals surface area contributed by atoms with Crippen LogP contribution in [0.3, 0.4) is 0 Å². The molecule has 3 heterocycles. The van der Waals surface area contributed by atoms with E-state index >= 15 is 0 Å². The molecule has 6 heteroatoms. The molecule has 5 nitrogen and oxygen atoms in total. The Morgan fingerprint density at radius 1 is 1.12 bits per heavy atom. The Morgan fingerprint density at radius 2 is 1.94 bits per heavy atom. The van der Waals surface area contributed by atoms with Gasteiger partial charge in [-0.05, 0) is 44.4 Å². The summed E-state index contributed by atoms with van der Waals surface area (Å²) in [6.45, 7) is 7.61. The zero-order chi connectivity index (χ0) is 23.0. The SMILES string of the molecule is CC(C)N1Cc2c(-c3ccccc3)ncn2C2(CCCN(C(=O)Cc3cccc(F)c3)C2)C1. The minimum absolute atomic E-state index is 0.0614. The Kier molecular flexibility index (Phi) is 5.79. The number of nitrogens with zero attached hydrogens (tertiary/aromatic N) is 4. The largest absolute Gasteiger partial charge is 0.340 e. The number of carbonyl (C=O) groups is 1. The van der Waals surface area contributed by atoms with Crippen LogP contribution < -0.4 is 0 Å². The van der Waals surface area contributed by atoms with Gasteiger partial charge in [-0.2, -0.15) is 0 Å². The zero-order valence-electron chi connectivity index (χ0n) is 19.4. The average Bonchev–Trinajstić information content (AvgIpc) is 3.25. The van der Waals surface area contributed by atoms with Crippen molar-refractivity contribution in [3.05, 3.63) is 78.0 Å². The first-order valence-corrected chi connectivity index (χ1v) is 11.8. The first kappa shape index (κ1) is 21.8. The summed E-state index contributed by atoms with van der Waals surface area (Å²) in [4.78, 5) is 22.6. The lowest BCUT2D eigenvalue weighted by atomic mass is 9.85. The van der Waals surface area contributed by atoms with Gasteiger partial charge in [-0.1, -0.05) is 42.5 Å². The van der Waals surface area contributed by atoms with Crippen LogP contribution in [0.5, 0.6) is 0 Å². The maximum atomic E-state index is 13.6. The minimum atomic E-state index is -0.299. The van der Waals surface area contributed by atoms with E-state index in [-0.39, 0.29) is 23.7 Å². The second-order valence-corrected chi connectivity index (χ2v) is 9.72. The van der Waals surface area contributed by atoms with E-state index in [9.17, 15) is 9.18 Å². The van der Waals surface area contributed by atoms with Crippen molar-refractivity contribution in [2.24, 2.45) is 0 Å². The number of carbonyl (C=O) groups excluding carboxylic acids is 1. The molecule has 0 bridgehead atoms. The van der Waals surface area contributed by atoms with E-state index in [0.29, 0.717) is 12.6 Å². The number of rotatable bonds is 4. The molecule has 2 aromatic carbocycles.